The molecular weight excluding hydrogens is 340 g/mol. The predicted octanol–water partition coefficient (Wildman–Crippen LogP) is 1.21. The molecule has 0 bridgehead atoms. The van der Waals surface area contributed by atoms with E-state index in [9.17, 15) is 14.7 Å². The topological polar surface area (TPSA) is 87.7 Å². The van der Waals surface area contributed by atoms with Crippen LogP contribution in [0.5, 0.6) is 0 Å². The summed E-state index contributed by atoms with van der Waals surface area (Å²) in [6.45, 7) is 0.192. The van der Waals surface area contributed by atoms with Gasteiger partial charge in [0, 0.05) is 20.1 Å². The van der Waals surface area contributed by atoms with Gasteiger partial charge in [-0.3, -0.25) is 9.59 Å². The van der Waals surface area contributed by atoms with E-state index in [0.29, 0.717) is 11.3 Å². The summed E-state index contributed by atoms with van der Waals surface area (Å²) in [5, 5.41) is 16.9. The Labute approximate surface area is 150 Å². The highest BCUT2D eigenvalue weighted by atomic mass is 32.1. The number of aliphatic hydroxyl groups is 1. The van der Waals surface area contributed by atoms with E-state index in [0.717, 1.165) is 5.56 Å². The molecule has 25 heavy (non-hydrogen) atoms. The van der Waals surface area contributed by atoms with E-state index >= 15 is 0 Å². The molecule has 0 fully saturated rings. The number of hydrogen-bond donors (Lipinski definition) is 3. The van der Waals surface area contributed by atoms with Gasteiger partial charge in [0.25, 0.3) is 5.91 Å². The lowest BCUT2D eigenvalue weighted by Crippen LogP contribution is -2.49. The number of benzene rings is 1. The van der Waals surface area contributed by atoms with Crippen LogP contribution in [0.2, 0.25) is 0 Å². The van der Waals surface area contributed by atoms with Gasteiger partial charge in [0.1, 0.15) is 6.04 Å². The summed E-state index contributed by atoms with van der Waals surface area (Å²) in [7, 11) is 1.48. The van der Waals surface area contributed by atoms with Crippen LogP contribution >= 0.6 is 11.3 Å². The van der Waals surface area contributed by atoms with Crippen LogP contribution < -0.4 is 10.6 Å². The molecule has 2 rings (SSSR count). The van der Waals surface area contributed by atoms with E-state index in [4.69, 9.17) is 4.74 Å². The molecule has 0 saturated carbocycles. The van der Waals surface area contributed by atoms with Crippen molar-refractivity contribution in [2.24, 2.45) is 0 Å². The number of nitrogens with one attached hydrogen (secondary N) is 2. The first kappa shape index (κ1) is 19.1. The third kappa shape index (κ3) is 6.30. The molecule has 0 unspecified atom stereocenters. The maximum atomic E-state index is 12.5. The number of ether oxygens (including phenoxy) is 1. The third-order valence-electron chi connectivity index (χ3n) is 3.52. The molecule has 1 aromatic heterocycles. The Balaban J connectivity index is 2.02. The lowest BCUT2D eigenvalue weighted by Gasteiger charge is -2.19. The van der Waals surface area contributed by atoms with Crippen molar-refractivity contribution in [1.82, 2.24) is 10.6 Å². The standard InChI is InChI=1S/C18H22N2O4S/c1-24-12-14(21)11-19-17(22)15(10-13-6-3-2-4-7-13)20-18(23)16-8-5-9-25-16/h2-9,14-15,21H,10-12H2,1H3,(H,19,22)(H,20,23)/t14-,15-/m0/s1. The van der Waals surface area contributed by atoms with Crippen LogP contribution in [0.4, 0.5) is 0 Å². The van der Waals surface area contributed by atoms with Gasteiger partial charge in [-0.15, -0.1) is 11.3 Å². The summed E-state index contributed by atoms with van der Waals surface area (Å²) in [5.41, 5.74) is 0.937. The average molecular weight is 362 g/mol. The Morgan fingerprint density at radius 2 is 1.96 bits per heavy atom. The van der Waals surface area contributed by atoms with E-state index in [1.54, 1.807) is 12.1 Å². The summed E-state index contributed by atoms with van der Waals surface area (Å²) < 4.78 is 4.84. The maximum absolute atomic E-state index is 12.5. The Hall–Kier alpha value is -2.22. The Morgan fingerprint density at radius 3 is 2.60 bits per heavy atom. The van der Waals surface area contributed by atoms with Gasteiger partial charge in [-0.1, -0.05) is 36.4 Å². The van der Waals surface area contributed by atoms with Crippen molar-refractivity contribution in [1.29, 1.82) is 0 Å². The SMILES string of the molecule is COC[C@@H](O)CNC(=O)[C@H](Cc1ccccc1)NC(=O)c1cccs1. The van der Waals surface area contributed by atoms with Crippen LogP contribution in [-0.2, 0) is 16.0 Å². The molecular formula is C18H22N2O4S. The molecule has 0 aliphatic heterocycles. The number of carbonyl (C=O) groups excluding carboxylic acids is 2. The fourth-order valence-electron chi connectivity index (χ4n) is 2.29. The van der Waals surface area contributed by atoms with Crippen LogP contribution in [0.15, 0.2) is 47.8 Å². The van der Waals surface area contributed by atoms with E-state index in [2.05, 4.69) is 10.6 Å². The van der Waals surface area contributed by atoms with Crippen molar-refractivity contribution in [3.8, 4) is 0 Å². The predicted molar refractivity (Wildman–Crippen MR) is 96.6 cm³/mol. The van der Waals surface area contributed by atoms with Gasteiger partial charge in [-0.2, -0.15) is 0 Å². The number of amides is 2. The van der Waals surface area contributed by atoms with Crippen molar-refractivity contribution >= 4 is 23.2 Å². The molecule has 2 atom stereocenters. The van der Waals surface area contributed by atoms with Crippen LogP contribution in [0, 0.1) is 0 Å². The van der Waals surface area contributed by atoms with Gasteiger partial charge in [0.2, 0.25) is 5.91 Å². The summed E-state index contributed by atoms with van der Waals surface area (Å²) in [4.78, 5) is 25.3. The van der Waals surface area contributed by atoms with Gasteiger partial charge in [-0.05, 0) is 17.0 Å². The summed E-state index contributed by atoms with van der Waals surface area (Å²) in [6, 6.07) is 12.2. The molecule has 0 saturated heterocycles. The summed E-state index contributed by atoms with van der Waals surface area (Å²) in [6.07, 6.45) is -0.427. The molecule has 2 amide bonds. The molecule has 7 heteroatoms. The van der Waals surface area contributed by atoms with Crippen molar-refractivity contribution in [2.45, 2.75) is 18.6 Å². The first-order valence-electron chi connectivity index (χ1n) is 7.93. The van der Waals surface area contributed by atoms with E-state index in [1.807, 2.05) is 35.7 Å². The highest BCUT2D eigenvalue weighted by molar-refractivity contribution is 7.12. The average Bonchev–Trinajstić information content (AvgIpc) is 3.15. The number of thiophene rings is 1. The number of carbonyl (C=O) groups is 2. The molecule has 134 valence electrons. The molecule has 2 aromatic rings. The van der Waals surface area contributed by atoms with E-state index in [-0.39, 0.29) is 25.0 Å². The molecule has 6 nitrogen and oxygen atoms in total. The normalized spacial score (nSPS) is 13.0. The molecule has 0 radical (unpaired) electrons. The second-order valence-electron chi connectivity index (χ2n) is 5.55. The van der Waals surface area contributed by atoms with Crippen LogP contribution in [0.25, 0.3) is 0 Å². The molecule has 0 aliphatic carbocycles. The molecule has 0 spiro atoms. The van der Waals surface area contributed by atoms with Crippen molar-refractivity contribution in [3.63, 3.8) is 0 Å². The van der Waals surface area contributed by atoms with Crippen LogP contribution in [0.3, 0.4) is 0 Å². The zero-order valence-corrected chi connectivity index (χ0v) is 14.8. The summed E-state index contributed by atoms with van der Waals surface area (Å²) in [5.74, 6) is -0.632. The lowest BCUT2D eigenvalue weighted by atomic mass is 10.0. The highest BCUT2D eigenvalue weighted by Gasteiger charge is 2.22. The monoisotopic (exact) mass is 362 g/mol. The molecule has 0 aliphatic rings. The Morgan fingerprint density at radius 1 is 1.20 bits per heavy atom. The van der Waals surface area contributed by atoms with Crippen molar-refractivity contribution < 1.29 is 19.4 Å². The van der Waals surface area contributed by atoms with Crippen LogP contribution in [0.1, 0.15) is 15.2 Å². The maximum Gasteiger partial charge on any atom is 0.262 e. The number of rotatable bonds is 9. The van der Waals surface area contributed by atoms with Gasteiger partial charge < -0.3 is 20.5 Å². The quantitative estimate of drug-likeness (QED) is 0.626. The number of aliphatic hydroxyl groups excluding tert-OH is 1. The van der Waals surface area contributed by atoms with Crippen molar-refractivity contribution in [2.75, 3.05) is 20.3 Å². The van der Waals surface area contributed by atoms with Gasteiger partial charge in [0.05, 0.1) is 17.6 Å². The third-order valence-corrected chi connectivity index (χ3v) is 4.39. The van der Waals surface area contributed by atoms with Gasteiger partial charge in [-0.25, -0.2) is 0 Å². The zero-order valence-electron chi connectivity index (χ0n) is 14.0. The zero-order chi connectivity index (χ0) is 18.1. The Kier molecular flexibility index (Phi) is 7.59. The minimum absolute atomic E-state index is 0.0623. The highest BCUT2D eigenvalue weighted by Crippen LogP contribution is 2.10. The fourth-order valence-corrected chi connectivity index (χ4v) is 2.92. The van der Waals surface area contributed by atoms with Gasteiger partial charge in [0.15, 0.2) is 0 Å². The molecule has 3 N–H and O–H groups in total. The molecule has 1 heterocycles. The Bertz CT molecular complexity index is 661. The van der Waals surface area contributed by atoms with Crippen LogP contribution in [-0.4, -0.2) is 49.3 Å². The van der Waals surface area contributed by atoms with Gasteiger partial charge >= 0.3 is 0 Å². The smallest absolute Gasteiger partial charge is 0.262 e. The summed E-state index contributed by atoms with van der Waals surface area (Å²) >= 11 is 1.32. The minimum Gasteiger partial charge on any atom is -0.389 e. The number of hydrogen-bond acceptors (Lipinski definition) is 5. The largest absolute Gasteiger partial charge is 0.389 e. The van der Waals surface area contributed by atoms with E-state index in [1.165, 1.54) is 18.4 Å². The molecule has 1 aromatic carbocycles. The second kappa shape index (κ2) is 9.93. The fraction of sp³-hybridized carbons (Fsp3) is 0.333. The minimum atomic E-state index is -0.792. The first-order chi connectivity index (χ1) is 12.1. The second-order valence-corrected chi connectivity index (χ2v) is 6.50. The van der Waals surface area contributed by atoms with Crippen molar-refractivity contribution in [3.05, 3.63) is 58.3 Å². The first-order valence-corrected chi connectivity index (χ1v) is 8.81. The number of methoxy groups -OCH3 is 1. The lowest BCUT2D eigenvalue weighted by molar-refractivity contribution is -0.123. The van der Waals surface area contributed by atoms with E-state index < -0.39 is 12.1 Å².